The molecule has 1 atom stereocenters. The number of pyridine rings is 1. The van der Waals surface area contributed by atoms with Gasteiger partial charge in [0.1, 0.15) is 17.6 Å². The van der Waals surface area contributed by atoms with E-state index in [-0.39, 0.29) is 24.2 Å². The molecule has 0 spiro atoms. The van der Waals surface area contributed by atoms with Crippen LogP contribution in [-0.4, -0.2) is 39.2 Å². The van der Waals surface area contributed by atoms with Gasteiger partial charge in [0.05, 0.1) is 17.6 Å². The first-order valence-corrected chi connectivity index (χ1v) is 11.8. The summed E-state index contributed by atoms with van der Waals surface area (Å²) in [6.07, 6.45) is 1.92. The van der Waals surface area contributed by atoms with E-state index in [2.05, 4.69) is 4.90 Å². The molecular formula is C25H24ClN5O3. The number of ether oxygens (including phenoxy) is 1. The van der Waals surface area contributed by atoms with Crippen molar-refractivity contribution in [1.82, 2.24) is 14.1 Å². The van der Waals surface area contributed by atoms with E-state index >= 15 is 0 Å². The largest absolute Gasteiger partial charge is 0.457 e. The molecule has 1 saturated heterocycles. The van der Waals surface area contributed by atoms with Gasteiger partial charge < -0.3 is 24.5 Å². The van der Waals surface area contributed by atoms with E-state index in [9.17, 15) is 9.59 Å². The number of piperidine rings is 1. The Hall–Kier alpha value is -3.36. The molecule has 2 aliphatic rings. The quantitative estimate of drug-likeness (QED) is 0.455. The molecular weight excluding hydrogens is 454 g/mol. The first kappa shape index (κ1) is 21.2. The molecule has 1 fully saturated rings. The average Bonchev–Trinajstić information content (AvgIpc) is 3.39. The van der Waals surface area contributed by atoms with Crippen LogP contribution < -0.4 is 16.2 Å². The summed E-state index contributed by atoms with van der Waals surface area (Å²) in [5.41, 5.74) is 10.1. The van der Waals surface area contributed by atoms with Crippen molar-refractivity contribution in [3.8, 4) is 0 Å². The molecule has 0 saturated carbocycles. The van der Waals surface area contributed by atoms with Gasteiger partial charge in [-0.2, -0.15) is 0 Å². The number of aryl methyl sites for hydroxylation is 1. The lowest BCUT2D eigenvalue weighted by atomic mass is 10.0. The van der Waals surface area contributed by atoms with E-state index in [1.807, 2.05) is 34.9 Å². The van der Waals surface area contributed by atoms with Crippen LogP contribution in [0.1, 0.15) is 34.3 Å². The molecule has 2 aromatic heterocycles. The number of carbonyl (C=O) groups excluding carboxylic acids is 1. The fraction of sp³-hybridized carbons (Fsp3) is 0.320. The molecule has 0 unspecified atom stereocenters. The number of rotatable bonds is 3. The number of fused-ring (bicyclic) bond motifs is 4. The third kappa shape index (κ3) is 3.20. The highest BCUT2D eigenvalue weighted by atomic mass is 35.5. The lowest BCUT2D eigenvalue weighted by Crippen LogP contribution is -2.44. The van der Waals surface area contributed by atoms with Gasteiger partial charge in [0.15, 0.2) is 0 Å². The summed E-state index contributed by atoms with van der Waals surface area (Å²) in [6, 6.07) is 11.3. The lowest BCUT2D eigenvalue weighted by Gasteiger charge is -2.32. The summed E-state index contributed by atoms with van der Waals surface area (Å²) < 4.78 is 8.76. The number of aromatic nitrogens is 3. The number of anilines is 1. The number of cyclic esters (lactones) is 1. The number of esters is 1. The lowest BCUT2D eigenvalue weighted by molar-refractivity contribution is 0.0535. The Kier molecular flexibility index (Phi) is 4.89. The van der Waals surface area contributed by atoms with Crippen molar-refractivity contribution in [2.45, 2.75) is 32.0 Å². The summed E-state index contributed by atoms with van der Waals surface area (Å²) in [5, 5.41) is 1.45. The molecule has 2 aromatic carbocycles. The number of hydrogen-bond acceptors (Lipinski definition) is 6. The van der Waals surface area contributed by atoms with E-state index < -0.39 is 0 Å². The van der Waals surface area contributed by atoms with Gasteiger partial charge in [0, 0.05) is 42.2 Å². The molecule has 4 heterocycles. The van der Waals surface area contributed by atoms with E-state index in [0.717, 1.165) is 35.9 Å². The fourth-order valence-corrected chi connectivity index (χ4v) is 5.32. The maximum atomic E-state index is 13.7. The number of benzene rings is 2. The van der Waals surface area contributed by atoms with Crippen molar-refractivity contribution in [3.63, 3.8) is 0 Å². The number of hydrogen-bond donors (Lipinski definition) is 1. The van der Waals surface area contributed by atoms with Crippen LogP contribution in [0.15, 0.2) is 41.2 Å². The second kappa shape index (κ2) is 7.85. The van der Waals surface area contributed by atoms with Crippen molar-refractivity contribution in [2.75, 3.05) is 18.0 Å². The van der Waals surface area contributed by atoms with Crippen LogP contribution in [0.4, 0.5) is 5.95 Å². The first-order valence-electron chi connectivity index (χ1n) is 11.4. The van der Waals surface area contributed by atoms with Gasteiger partial charge in [-0.3, -0.25) is 4.79 Å². The molecule has 9 heteroatoms. The molecule has 34 heavy (non-hydrogen) atoms. The Bertz CT molecular complexity index is 1540. The Labute approximate surface area is 200 Å². The summed E-state index contributed by atoms with van der Waals surface area (Å²) in [5.74, 6) is 0.346. The Balaban J connectivity index is 1.66. The zero-order valence-corrected chi connectivity index (χ0v) is 19.5. The van der Waals surface area contributed by atoms with Gasteiger partial charge in [-0.1, -0.05) is 29.8 Å². The third-order valence-electron chi connectivity index (χ3n) is 6.90. The Morgan fingerprint density at radius 2 is 2.06 bits per heavy atom. The van der Waals surface area contributed by atoms with E-state index in [1.54, 1.807) is 17.7 Å². The van der Waals surface area contributed by atoms with E-state index in [0.29, 0.717) is 46.2 Å². The molecule has 0 bridgehead atoms. The fourth-order valence-electron chi connectivity index (χ4n) is 5.12. The van der Waals surface area contributed by atoms with E-state index in [4.69, 9.17) is 27.1 Å². The molecule has 8 nitrogen and oxygen atoms in total. The highest BCUT2D eigenvalue weighted by Gasteiger charge is 2.28. The Morgan fingerprint density at radius 3 is 2.85 bits per heavy atom. The van der Waals surface area contributed by atoms with Crippen LogP contribution in [-0.2, 0) is 24.9 Å². The minimum Gasteiger partial charge on any atom is -0.457 e. The highest BCUT2D eigenvalue weighted by molar-refractivity contribution is 6.31. The normalized spacial score (nSPS) is 18.0. The van der Waals surface area contributed by atoms with Crippen LogP contribution in [0.3, 0.4) is 0 Å². The molecule has 2 aliphatic heterocycles. The van der Waals surface area contributed by atoms with Gasteiger partial charge in [0.25, 0.3) is 5.56 Å². The number of nitrogens with two attached hydrogens (primary N) is 1. The van der Waals surface area contributed by atoms with Gasteiger partial charge in [-0.25, -0.2) is 9.78 Å². The maximum Gasteiger partial charge on any atom is 0.338 e. The molecule has 174 valence electrons. The monoisotopic (exact) mass is 477 g/mol. The number of nitrogens with zero attached hydrogens (tertiary/aromatic N) is 4. The summed E-state index contributed by atoms with van der Waals surface area (Å²) in [7, 11) is 1.72. The minimum atomic E-state index is -0.364. The van der Waals surface area contributed by atoms with Gasteiger partial charge in [-0.15, -0.1) is 0 Å². The van der Waals surface area contributed by atoms with Crippen molar-refractivity contribution >= 4 is 45.5 Å². The SMILES string of the molecule is Cn1c(=O)c2c(nc(N3CCC[C@@H](N)C3)n2Cc2ccccc2Cl)c2cc3c(cc21)C(=O)OC3. The van der Waals surface area contributed by atoms with Crippen LogP contribution in [0, 0.1) is 0 Å². The predicted molar refractivity (Wildman–Crippen MR) is 132 cm³/mol. The smallest absolute Gasteiger partial charge is 0.338 e. The maximum absolute atomic E-state index is 13.7. The number of carbonyl (C=O) groups is 1. The van der Waals surface area contributed by atoms with Crippen molar-refractivity contribution in [3.05, 3.63) is 68.5 Å². The van der Waals surface area contributed by atoms with Crippen molar-refractivity contribution in [1.29, 1.82) is 0 Å². The summed E-state index contributed by atoms with van der Waals surface area (Å²) in [4.78, 5) is 33.0. The van der Waals surface area contributed by atoms with Gasteiger partial charge in [-0.05, 0) is 36.6 Å². The molecule has 2 N–H and O–H groups in total. The second-order valence-electron chi connectivity index (χ2n) is 9.10. The van der Waals surface area contributed by atoms with Crippen LogP contribution in [0.5, 0.6) is 0 Å². The summed E-state index contributed by atoms with van der Waals surface area (Å²) >= 11 is 6.50. The molecule has 4 aromatic rings. The molecule has 0 amide bonds. The minimum absolute atomic E-state index is 0.0494. The van der Waals surface area contributed by atoms with E-state index in [1.165, 1.54) is 0 Å². The van der Waals surface area contributed by atoms with Crippen LogP contribution >= 0.6 is 11.6 Å². The highest BCUT2D eigenvalue weighted by Crippen LogP contribution is 2.33. The second-order valence-corrected chi connectivity index (χ2v) is 9.51. The molecule has 0 radical (unpaired) electrons. The average molecular weight is 478 g/mol. The van der Waals surface area contributed by atoms with Gasteiger partial charge >= 0.3 is 5.97 Å². The Morgan fingerprint density at radius 1 is 1.24 bits per heavy atom. The van der Waals surface area contributed by atoms with Crippen molar-refractivity contribution < 1.29 is 9.53 Å². The summed E-state index contributed by atoms with van der Waals surface area (Å²) in [6.45, 7) is 2.12. The standard InChI is InChI=1S/C25H24ClN5O3/c1-29-20-10-17-15(13-34-24(17)33)9-18(20)21-22(23(29)32)31(11-14-5-2-3-7-19(14)26)25(28-21)30-8-4-6-16(27)12-30/h2-3,5,7,9-10,16H,4,6,8,11-13,27H2,1H3/t16-/m1/s1. The number of imidazole rings is 1. The third-order valence-corrected chi connectivity index (χ3v) is 7.27. The molecule has 0 aliphatic carbocycles. The number of halogens is 1. The van der Waals surface area contributed by atoms with Crippen molar-refractivity contribution in [2.24, 2.45) is 12.8 Å². The zero-order chi connectivity index (χ0) is 23.6. The van der Waals surface area contributed by atoms with Gasteiger partial charge in [0.2, 0.25) is 5.95 Å². The van der Waals surface area contributed by atoms with Crippen LogP contribution in [0.2, 0.25) is 5.02 Å². The zero-order valence-electron chi connectivity index (χ0n) is 18.8. The first-order chi connectivity index (χ1) is 16.4. The topological polar surface area (TPSA) is 95.4 Å². The predicted octanol–water partition coefficient (Wildman–Crippen LogP) is 3.19. The molecule has 6 rings (SSSR count). The van der Waals surface area contributed by atoms with Crippen LogP contribution in [0.25, 0.3) is 21.9 Å².